The third-order valence-electron chi connectivity index (χ3n) is 4.90. The molecule has 12 heteroatoms. The van der Waals surface area contributed by atoms with Gasteiger partial charge in [0.05, 0.1) is 30.7 Å². The summed E-state index contributed by atoms with van der Waals surface area (Å²) in [4.78, 5) is 6.55. The summed E-state index contributed by atoms with van der Waals surface area (Å²) in [7, 11) is 0. The van der Waals surface area contributed by atoms with E-state index in [2.05, 4.69) is 25.6 Å². The van der Waals surface area contributed by atoms with Crippen molar-refractivity contribution in [2.24, 2.45) is 0 Å². The number of morpholine rings is 1. The van der Waals surface area contributed by atoms with E-state index in [0.29, 0.717) is 42.7 Å². The molecule has 0 amide bonds. The Morgan fingerprint density at radius 1 is 1.10 bits per heavy atom. The SMILES string of the molecule is Nc1cc(Nc2cc(NCCN3CCOCC3)c3ncc(N)n3n2)cc(C(F)(F)F)c1. The lowest BCUT2D eigenvalue weighted by Gasteiger charge is -2.26. The van der Waals surface area contributed by atoms with E-state index in [0.717, 1.165) is 31.8 Å². The zero-order valence-corrected chi connectivity index (χ0v) is 16.6. The summed E-state index contributed by atoms with van der Waals surface area (Å²) in [5.41, 5.74) is 12.1. The maximum absolute atomic E-state index is 13.1. The van der Waals surface area contributed by atoms with Crippen molar-refractivity contribution in [2.75, 3.05) is 61.5 Å². The van der Waals surface area contributed by atoms with Gasteiger partial charge in [0.25, 0.3) is 0 Å². The molecular weight excluding hydrogens is 413 g/mol. The summed E-state index contributed by atoms with van der Waals surface area (Å²) in [6.07, 6.45) is -3.04. The third kappa shape index (κ3) is 4.91. The van der Waals surface area contributed by atoms with Crippen LogP contribution in [-0.4, -0.2) is 58.9 Å². The molecule has 1 aliphatic heterocycles. The highest BCUT2D eigenvalue weighted by atomic mass is 19.4. The summed E-state index contributed by atoms with van der Waals surface area (Å²) in [6.45, 7) is 4.61. The minimum absolute atomic E-state index is 0.00981. The van der Waals surface area contributed by atoms with E-state index in [1.165, 1.54) is 16.8 Å². The molecular formula is C19H23F3N8O. The lowest BCUT2D eigenvalue weighted by molar-refractivity contribution is -0.137. The molecule has 3 heterocycles. The standard InChI is InChI=1S/C19H23F3N8O/c20-19(21,22)12-7-13(23)9-14(8-12)27-17-10-15(18-26-11-16(24)30(18)28-17)25-1-2-29-3-5-31-6-4-29/h7-11,25H,1-6,23-24H2,(H,27,28). The van der Waals surface area contributed by atoms with Gasteiger partial charge in [-0.2, -0.15) is 17.7 Å². The predicted molar refractivity (Wildman–Crippen MR) is 112 cm³/mol. The summed E-state index contributed by atoms with van der Waals surface area (Å²) in [6, 6.07) is 4.95. The maximum atomic E-state index is 13.1. The van der Waals surface area contributed by atoms with E-state index in [1.807, 2.05) is 0 Å². The number of fused-ring (bicyclic) bond motifs is 1. The molecule has 1 fully saturated rings. The number of imidazole rings is 1. The Hall–Kier alpha value is -3.25. The van der Waals surface area contributed by atoms with Crippen molar-refractivity contribution in [2.45, 2.75) is 6.18 Å². The Bertz CT molecular complexity index is 1060. The summed E-state index contributed by atoms with van der Waals surface area (Å²) < 4.78 is 46.1. The van der Waals surface area contributed by atoms with Crippen LogP contribution in [0.4, 0.5) is 41.9 Å². The molecule has 0 radical (unpaired) electrons. The first-order valence-electron chi connectivity index (χ1n) is 9.72. The fraction of sp³-hybridized carbons (Fsp3) is 0.368. The number of rotatable bonds is 6. The van der Waals surface area contributed by atoms with Gasteiger partial charge in [0, 0.05) is 43.6 Å². The lowest BCUT2D eigenvalue weighted by atomic mass is 10.1. The third-order valence-corrected chi connectivity index (χ3v) is 4.90. The molecule has 0 aliphatic carbocycles. The number of nitrogens with two attached hydrogens (primary N) is 2. The van der Waals surface area contributed by atoms with Crippen LogP contribution in [0.2, 0.25) is 0 Å². The van der Waals surface area contributed by atoms with Crippen LogP contribution in [-0.2, 0) is 10.9 Å². The summed E-state index contributed by atoms with van der Waals surface area (Å²) in [5, 5.41) is 10.5. The molecule has 0 unspecified atom stereocenters. The molecule has 0 saturated carbocycles. The molecule has 1 aliphatic rings. The van der Waals surface area contributed by atoms with E-state index in [1.54, 1.807) is 6.07 Å². The number of nitrogen functional groups attached to an aromatic ring is 2. The van der Waals surface area contributed by atoms with Crippen molar-refractivity contribution in [1.82, 2.24) is 19.5 Å². The van der Waals surface area contributed by atoms with Crippen molar-refractivity contribution in [3.05, 3.63) is 36.0 Å². The van der Waals surface area contributed by atoms with Gasteiger partial charge in [0.1, 0.15) is 5.82 Å². The first-order chi connectivity index (χ1) is 14.8. The quantitative estimate of drug-likeness (QED) is 0.435. The predicted octanol–water partition coefficient (Wildman–Crippen LogP) is 2.40. The molecule has 0 atom stereocenters. The zero-order chi connectivity index (χ0) is 22.0. The summed E-state index contributed by atoms with van der Waals surface area (Å²) in [5.74, 6) is 0.600. The second kappa shape index (κ2) is 8.47. The Morgan fingerprint density at radius 2 is 1.87 bits per heavy atom. The van der Waals surface area contributed by atoms with Crippen molar-refractivity contribution in [3.63, 3.8) is 0 Å². The molecule has 0 bridgehead atoms. The van der Waals surface area contributed by atoms with Crippen molar-refractivity contribution >= 4 is 34.3 Å². The minimum atomic E-state index is -4.51. The first-order valence-corrected chi connectivity index (χ1v) is 9.72. The van der Waals surface area contributed by atoms with E-state index >= 15 is 0 Å². The first kappa shape index (κ1) is 21.0. The number of nitrogens with one attached hydrogen (secondary N) is 2. The highest BCUT2D eigenvalue weighted by Gasteiger charge is 2.31. The summed E-state index contributed by atoms with van der Waals surface area (Å²) >= 11 is 0. The van der Waals surface area contributed by atoms with Gasteiger partial charge in [0.15, 0.2) is 11.5 Å². The van der Waals surface area contributed by atoms with E-state index < -0.39 is 11.7 Å². The molecule has 166 valence electrons. The Kier molecular flexibility index (Phi) is 5.74. The normalized spacial score (nSPS) is 15.3. The van der Waals surface area contributed by atoms with Gasteiger partial charge in [-0.25, -0.2) is 4.98 Å². The van der Waals surface area contributed by atoms with Gasteiger partial charge in [-0.15, -0.1) is 5.10 Å². The van der Waals surface area contributed by atoms with Gasteiger partial charge in [-0.1, -0.05) is 0 Å². The second-order valence-electron chi connectivity index (χ2n) is 7.21. The number of nitrogens with zero attached hydrogens (tertiary/aromatic N) is 4. The molecule has 3 aromatic rings. The number of halogens is 3. The molecule has 6 N–H and O–H groups in total. The highest BCUT2D eigenvalue weighted by Crippen LogP contribution is 2.33. The molecule has 2 aromatic heterocycles. The van der Waals surface area contributed by atoms with Gasteiger partial charge in [0.2, 0.25) is 0 Å². The Labute approximate surface area is 176 Å². The highest BCUT2D eigenvalue weighted by molar-refractivity contribution is 5.74. The van der Waals surface area contributed by atoms with Crippen LogP contribution in [0.1, 0.15) is 5.56 Å². The average molecular weight is 436 g/mol. The fourth-order valence-electron chi connectivity index (χ4n) is 3.39. The molecule has 31 heavy (non-hydrogen) atoms. The van der Waals surface area contributed by atoms with Gasteiger partial charge < -0.3 is 26.8 Å². The maximum Gasteiger partial charge on any atom is 0.416 e. The minimum Gasteiger partial charge on any atom is -0.399 e. The van der Waals surface area contributed by atoms with Gasteiger partial charge in [-0.05, 0) is 18.2 Å². The van der Waals surface area contributed by atoms with E-state index in [4.69, 9.17) is 16.2 Å². The van der Waals surface area contributed by atoms with Gasteiger partial charge in [-0.3, -0.25) is 4.90 Å². The number of aromatic nitrogens is 3. The second-order valence-corrected chi connectivity index (χ2v) is 7.21. The Balaban J connectivity index is 1.57. The van der Waals surface area contributed by atoms with Crippen molar-refractivity contribution < 1.29 is 17.9 Å². The van der Waals surface area contributed by atoms with Gasteiger partial charge >= 0.3 is 6.18 Å². The van der Waals surface area contributed by atoms with Crippen LogP contribution in [0, 0.1) is 0 Å². The average Bonchev–Trinajstić information content (AvgIpc) is 3.09. The molecule has 9 nitrogen and oxygen atoms in total. The fourth-order valence-corrected chi connectivity index (χ4v) is 3.39. The van der Waals surface area contributed by atoms with Crippen LogP contribution in [0.25, 0.3) is 5.65 Å². The van der Waals surface area contributed by atoms with Crippen LogP contribution in [0.15, 0.2) is 30.5 Å². The van der Waals surface area contributed by atoms with Crippen LogP contribution in [0.3, 0.4) is 0 Å². The number of ether oxygens (including phenoxy) is 1. The molecule has 4 rings (SSSR count). The molecule has 1 saturated heterocycles. The van der Waals surface area contributed by atoms with E-state index in [-0.39, 0.29) is 11.4 Å². The largest absolute Gasteiger partial charge is 0.416 e. The van der Waals surface area contributed by atoms with Crippen LogP contribution in [0.5, 0.6) is 0 Å². The zero-order valence-electron chi connectivity index (χ0n) is 16.6. The molecule has 1 aromatic carbocycles. The topological polar surface area (TPSA) is 119 Å². The lowest BCUT2D eigenvalue weighted by Crippen LogP contribution is -2.39. The molecule has 0 spiro atoms. The number of alkyl halides is 3. The number of benzene rings is 1. The smallest absolute Gasteiger partial charge is 0.399 e. The number of hydrogen-bond acceptors (Lipinski definition) is 8. The van der Waals surface area contributed by atoms with Crippen LogP contribution < -0.4 is 22.1 Å². The number of hydrogen-bond donors (Lipinski definition) is 4. The monoisotopic (exact) mass is 436 g/mol. The van der Waals surface area contributed by atoms with Crippen molar-refractivity contribution in [1.29, 1.82) is 0 Å². The van der Waals surface area contributed by atoms with Crippen molar-refractivity contribution in [3.8, 4) is 0 Å². The Morgan fingerprint density at radius 3 is 2.61 bits per heavy atom. The number of anilines is 5. The van der Waals surface area contributed by atoms with E-state index in [9.17, 15) is 13.2 Å². The van der Waals surface area contributed by atoms with Crippen LogP contribution >= 0.6 is 0 Å².